The van der Waals surface area contributed by atoms with Crippen LogP contribution in [0, 0.1) is 0 Å². The van der Waals surface area contributed by atoms with E-state index < -0.39 is 0 Å². The predicted molar refractivity (Wildman–Crippen MR) is 93.8 cm³/mol. The van der Waals surface area contributed by atoms with E-state index >= 15 is 0 Å². The van der Waals surface area contributed by atoms with Crippen LogP contribution in [0.3, 0.4) is 0 Å². The third-order valence-electron chi connectivity index (χ3n) is 4.01. The molecule has 25 heavy (non-hydrogen) atoms. The molecule has 0 spiro atoms. The molecular formula is C19H20N2O4. The molecule has 1 atom stereocenters. The van der Waals surface area contributed by atoms with Crippen molar-refractivity contribution in [3.05, 3.63) is 53.6 Å². The van der Waals surface area contributed by atoms with Gasteiger partial charge in [0, 0.05) is 0 Å². The maximum absolute atomic E-state index is 12.3. The summed E-state index contributed by atoms with van der Waals surface area (Å²) in [6, 6.07) is 12.7. The highest BCUT2D eigenvalue weighted by Crippen LogP contribution is 2.30. The van der Waals surface area contributed by atoms with Crippen molar-refractivity contribution in [2.45, 2.75) is 19.4 Å². The number of methoxy groups -OCH3 is 1. The molecule has 1 aliphatic rings. The zero-order valence-electron chi connectivity index (χ0n) is 14.2. The van der Waals surface area contributed by atoms with Crippen molar-refractivity contribution >= 4 is 17.5 Å². The van der Waals surface area contributed by atoms with E-state index in [0.717, 1.165) is 16.9 Å². The van der Waals surface area contributed by atoms with E-state index in [1.54, 1.807) is 13.2 Å². The first-order valence-corrected chi connectivity index (χ1v) is 8.04. The largest absolute Gasteiger partial charge is 0.497 e. The third-order valence-corrected chi connectivity index (χ3v) is 4.01. The fourth-order valence-corrected chi connectivity index (χ4v) is 2.71. The van der Waals surface area contributed by atoms with Gasteiger partial charge in [-0.1, -0.05) is 18.2 Å². The highest BCUT2D eigenvalue weighted by atomic mass is 16.5. The summed E-state index contributed by atoms with van der Waals surface area (Å²) < 4.78 is 10.5. The van der Waals surface area contributed by atoms with Gasteiger partial charge in [0.2, 0.25) is 5.91 Å². The van der Waals surface area contributed by atoms with E-state index in [2.05, 4.69) is 10.6 Å². The molecule has 130 valence electrons. The number of nitrogens with one attached hydrogen (secondary N) is 2. The van der Waals surface area contributed by atoms with Crippen LogP contribution in [-0.2, 0) is 16.0 Å². The molecule has 0 unspecified atom stereocenters. The molecule has 2 N–H and O–H groups in total. The van der Waals surface area contributed by atoms with Crippen molar-refractivity contribution in [2.75, 3.05) is 19.0 Å². The Hall–Kier alpha value is -3.02. The molecule has 0 saturated carbocycles. The van der Waals surface area contributed by atoms with E-state index in [1.165, 1.54) is 0 Å². The first kappa shape index (κ1) is 16.8. The van der Waals surface area contributed by atoms with Crippen LogP contribution >= 0.6 is 0 Å². The molecule has 0 radical (unpaired) electrons. The summed E-state index contributed by atoms with van der Waals surface area (Å²) in [5, 5.41) is 5.74. The number of hydrogen-bond acceptors (Lipinski definition) is 4. The summed E-state index contributed by atoms with van der Waals surface area (Å²) >= 11 is 0. The fourth-order valence-electron chi connectivity index (χ4n) is 2.71. The van der Waals surface area contributed by atoms with Crippen LogP contribution in [0.2, 0.25) is 0 Å². The van der Waals surface area contributed by atoms with Crippen molar-refractivity contribution in [3.63, 3.8) is 0 Å². The van der Waals surface area contributed by atoms with Crippen LogP contribution in [0.5, 0.6) is 11.5 Å². The average molecular weight is 340 g/mol. The minimum absolute atomic E-state index is 0.0270. The minimum atomic E-state index is -0.192. The summed E-state index contributed by atoms with van der Waals surface area (Å²) in [7, 11) is 1.60. The van der Waals surface area contributed by atoms with Crippen LogP contribution in [0.15, 0.2) is 42.5 Å². The number of carbonyl (C=O) groups excluding carboxylic acids is 2. The van der Waals surface area contributed by atoms with Crippen LogP contribution < -0.4 is 20.1 Å². The molecule has 0 fully saturated rings. The maximum atomic E-state index is 12.3. The summed E-state index contributed by atoms with van der Waals surface area (Å²) in [4.78, 5) is 23.7. The Morgan fingerprint density at radius 3 is 2.96 bits per heavy atom. The van der Waals surface area contributed by atoms with Gasteiger partial charge in [0.05, 0.1) is 25.3 Å². The van der Waals surface area contributed by atoms with Gasteiger partial charge in [0.1, 0.15) is 11.5 Å². The highest BCUT2D eigenvalue weighted by Gasteiger charge is 2.18. The van der Waals surface area contributed by atoms with E-state index in [0.29, 0.717) is 11.4 Å². The molecule has 0 bridgehead atoms. The van der Waals surface area contributed by atoms with E-state index in [9.17, 15) is 9.59 Å². The molecule has 3 rings (SSSR count). The highest BCUT2D eigenvalue weighted by molar-refractivity contribution is 5.95. The second-order valence-corrected chi connectivity index (χ2v) is 5.91. The number of anilines is 1. The van der Waals surface area contributed by atoms with Crippen LogP contribution in [0.1, 0.15) is 24.1 Å². The van der Waals surface area contributed by atoms with Crippen LogP contribution in [0.25, 0.3) is 0 Å². The fraction of sp³-hybridized carbons (Fsp3) is 0.263. The Bertz CT molecular complexity index is 804. The van der Waals surface area contributed by atoms with Crippen molar-refractivity contribution in [1.29, 1.82) is 0 Å². The minimum Gasteiger partial charge on any atom is -0.497 e. The lowest BCUT2D eigenvalue weighted by Crippen LogP contribution is -2.29. The summed E-state index contributed by atoms with van der Waals surface area (Å²) in [6.07, 6.45) is 0.270. The Morgan fingerprint density at radius 2 is 2.16 bits per heavy atom. The topological polar surface area (TPSA) is 76.7 Å². The Balaban J connectivity index is 1.65. The lowest BCUT2D eigenvalue weighted by atomic mass is 10.1. The Kier molecular flexibility index (Phi) is 4.88. The maximum Gasteiger partial charge on any atom is 0.262 e. The molecule has 2 aromatic rings. The van der Waals surface area contributed by atoms with Gasteiger partial charge in [-0.25, -0.2) is 0 Å². The Morgan fingerprint density at radius 1 is 1.32 bits per heavy atom. The summed E-state index contributed by atoms with van der Waals surface area (Å²) in [5.41, 5.74) is 2.40. The van der Waals surface area contributed by atoms with Gasteiger partial charge >= 0.3 is 0 Å². The number of benzene rings is 2. The normalized spacial score (nSPS) is 13.9. The molecule has 0 saturated heterocycles. The number of fused-ring (bicyclic) bond motifs is 1. The van der Waals surface area contributed by atoms with E-state index in [1.807, 2.05) is 43.3 Å². The zero-order chi connectivity index (χ0) is 17.8. The monoisotopic (exact) mass is 340 g/mol. The number of carbonyl (C=O) groups is 2. The number of rotatable bonds is 5. The first-order chi connectivity index (χ1) is 12.0. The van der Waals surface area contributed by atoms with Gasteiger partial charge in [-0.3, -0.25) is 9.59 Å². The van der Waals surface area contributed by atoms with E-state index in [-0.39, 0.29) is 30.9 Å². The molecule has 0 aromatic heterocycles. The second-order valence-electron chi connectivity index (χ2n) is 5.91. The standard InChI is InChI=1S/C19H20N2O4/c1-12(14-6-7-17-16(10-14)21-19(23)11-25-17)20-18(22)9-13-4-3-5-15(8-13)24-2/h3-8,10,12H,9,11H2,1-2H3,(H,20,22)(H,21,23)/t12-/m0/s1. The third kappa shape index (κ3) is 4.09. The summed E-state index contributed by atoms with van der Waals surface area (Å²) in [6.45, 7) is 1.93. The van der Waals surface area contributed by atoms with Crippen LogP contribution in [-0.4, -0.2) is 25.5 Å². The van der Waals surface area contributed by atoms with Gasteiger partial charge in [0.25, 0.3) is 5.91 Å². The number of amides is 2. The molecule has 2 aromatic carbocycles. The quantitative estimate of drug-likeness (QED) is 0.876. The second kappa shape index (κ2) is 7.25. The smallest absolute Gasteiger partial charge is 0.262 e. The van der Waals surface area contributed by atoms with E-state index in [4.69, 9.17) is 9.47 Å². The lowest BCUT2D eigenvalue weighted by molar-refractivity contribution is -0.121. The van der Waals surface area contributed by atoms with Gasteiger partial charge < -0.3 is 20.1 Å². The van der Waals surface area contributed by atoms with Crippen molar-refractivity contribution < 1.29 is 19.1 Å². The lowest BCUT2D eigenvalue weighted by Gasteiger charge is -2.21. The van der Waals surface area contributed by atoms with Gasteiger partial charge in [0.15, 0.2) is 6.61 Å². The van der Waals surface area contributed by atoms with Crippen molar-refractivity contribution in [1.82, 2.24) is 5.32 Å². The molecule has 1 aliphatic heterocycles. The number of hydrogen-bond donors (Lipinski definition) is 2. The van der Waals surface area contributed by atoms with Crippen molar-refractivity contribution in [2.24, 2.45) is 0 Å². The average Bonchev–Trinajstić information content (AvgIpc) is 2.61. The Labute approximate surface area is 146 Å². The SMILES string of the molecule is COc1cccc(CC(=O)N[C@@H](C)c2ccc3c(c2)NC(=O)CO3)c1. The van der Waals surface area contributed by atoms with Gasteiger partial charge in [-0.05, 0) is 42.3 Å². The predicted octanol–water partition coefficient (Wildman–Crippen LogP) is 2.45. The molecule has 2 amide bonds. The molecule has 6 heteroatoms. The molecule has 1 heterocycles. The van der Waals surface area contributed by atoms with Crippen LogP contribution in [0.4, 0.5) is 5.69 Å². The summed E-state index contributed by atoms with van der Waals surface area (Å²) in [5.74, 6) is 1.10. The van der Waals surface area contributed by atoms with Gasteiger partial charge in [-0.2, -0.15) is 0 Å². The number of ether oxygens (including phenoxy) is 2. The zero-order valence-corrected chi connectivity index (χ0v) is 14.2. The molecule has 0 aliphatic carbocycles. The first-order valence-electron chi connectivity index (χ1n) is 8.04. The molecular weight excluding hydrogens is 320 g/mol. The van der Waals surface area contributed by atoms with Crippen molar-refractivity contribution in [3.8, 4) is 11.5 Å². The van der Waals surface area contributed by atoms with Gasteiger partial charge in [-0.15, -0.1) is 0 Å². The molecule has 6 nitrogen and oxygen atoms in total.